The first kappa shape index (κ1) is 17.7. The van der Waals surface area contributed by atoms with Crippen LogP contribution in [0, 0.1) is 0 Å². The minimum atomic E-state index is -0.748. The van der Waals surface area contributed by atoms with Crippen molar-refractivity contribution >= 4 is 34.0 Å². The van der Waals surface area contributed by atoms with Gasteiger partial charge in [-0.25, -0.2) is 10.3 Å². The van der Waals surface area contributed by atoms with Gasteiger partial charge in [0, 0.05) is 6.07 Å². The number of anilines is 1. The van der Waals surface area contributed by atoms with Crippen LogP contribution in [0.15, 0.2) is 48.5 Å². The zero-order chi connectivity index (χ0) is 18.7. The first-order valence-electron chi connectivity index (χ1n) is 7.64. The number of rotatable bonds is 5. The van der Waals surface area contributed by atoms with Crippen LogP contribution in [-0.2, 0) is 4.84 Å². The number of hydrogen-bond donors (Lipinski definition) is 2. The Morgan fingerprint density at radius 3 is 2.31 bits per heavy atom. The minimum Gasteiger partial charge on any atom is -0.507 e. The van der Waals surface area contributed by atoms with Crippen molar-refractivity contribution in [2.24, 2.45) is 0 Å². The van der Waals surface area contributed by atoms with Gasteiger partial charge in [-0.3, -0.25) is 0 Å². The lowest BCUT2D eigenvalue weighted by atomic mass is 10.1. The summed E-state index contributed by atoms with van der Waals surface area (Å²) in [4.78, 5) is 17.4. The van der Waals surface area contributed by atoms with Crippen molar-refractivity contribution in [1.29, 1.82) is 0 Å². The molecule has 0 aliphatic rings. The molecule has 0 saturated heterocycles. The lowest BCUT2D eigenvalue weighted by Crippen LogP contribution is -2.12. The summed E-state index contributed by atoms with van der Waals surface area (Å²) in [6.45, 7) is 0. The highest BCUT2D eigenvalue weighted by molar-refractivity contribution is 6.32. The second kappa shape index (κ2) is 7.41. The maximum Gasteiger partial charge on any atom is 0.366 e. The fourth-order valence-corrected chi connectivity index (χ4v) is 2.73. The van der Waals surface area contributed by atoms with E-state index in [0.717, 1.165) is 10.8 Å². The molecule has 3 aromatic rings. The van der Waals surface area contributed by atoms with E-state index in [-0.39, 0.29) is 11.3 Å². The zero-order valence-corrected chi connectivity index (χ0v) is 14.8. The molecule has 0 aromatic heterocycles. The SMILES string of the molecule is COc1cc(OC)c(NOC(=O)c2cc3ccccc3cc2O)cc1Cl. The van der Waals surface area contributed by atoms with Crippen LogP contribution in [-0.4, -0.2) is 25.3 Å². The number of carbonyl (C=O) groups is 1. The molecule has 0 spiro atoms. The lowest BCUT2D eigenvalue weighted by molar-refractivity contribution is 0.0592. The third kappa shape index (κ3) is 3.45. The van der Waals surface area contributed by atoms with E-state index in [1.165, 1.54) is 26.4 Å². The molecule has 3 aromatic carbocycles. The molecule has 7 heteroatoms. The summed E-state index contributed by atoms with van der Waals surface area (Å²) in [5, 5.41) is 12.0. The van der Waals surface area contributed by atoms with Gasteiger partial charge in [0.2, 0.25) is 0 Å². The predicted octanol–water partition coefficient (Wildman–Crippen LogP) is 4.40. The lowest BCUT2D eigenvalue weighted by Gasteiger charge is -2.14. The van der Waals surface area contributed by atoms with Gasteiger partial charge in [0.15, 0.2) is 0 Å². The third-order valence-corrected chi connectivity index (χ3v) is 4.11. The number of halogens is 1. The highest BCUT2D eigenvalue weighted by Gasteiger charge is 2.16. The number of methoxy groups -OCH3 is 2. The highest BCUT2D eigenvalue weighted by atomic mass is 35.5. The van der Waals surface area contributed by atoms with Crippen molar-refractivity contribution < 1.29 is 24.2 Å². The number of nitrogens with one attached hydrogen (secondary N) is 1. The van der Waals surface area contributed by atoms with Crippen molar-refractivity contribution in [3.8, 4) is 17.2 Å². The van der Waals surface area contributed by atoms with Crippen LogP contribution in [0.2, 0.25) is 5.02 Å². The normalized spacial score (nSPS) is 10.4. The van der Waals surface area contributed by atoms with Crippen LogP contribution >= 0.6 is 11.6 Å². The van der Waals surface area contributed by atoms with Gasteiger partial charge < -0.3 is 19.4 Å². The summed E-state index contributed by atoms with van der Waals surface area (Å²) in [6.07, 6.45) is 0. The molecule has 0 atom stereocenters. The monoisotopic (exact) mass is 373 g/mol. The van der Waals surface area contributed by atoms with Crippen LogP contribution < -0.4 is 15.0 Å². The van der Waals surface area contributed by atoms with Crippen molar-refractivity contribution in [1.82, 2.24) is 0 Å². The molecule has 26 heavy (non-hydrogen) atoms. The minimum absolute atomic E-state index is 0.0368. The van der Waals surface area contributed by atoms with Gasteiger partial charge in [0.25, 0.3) is 0 Å². The highest BCUT2D eigenvalue weighted by Crippen LogP contribution is 2.36. The summed E-state index contributed by atoms with van der Waals surface area (Å²) >= 11 is 6.08. The van der Waals surface area contributed by atoms with E-state index in [4.69, 9.17) is 25.9 Å². The fourth-order valence-electron chi connectivity index (χ4n) is 2.49. The topological polar surface area (TPSA) is 77.0 Å². The number of hydrogen-bond acceptors (Lipinski definition) is 6. The third-order valence-electron chi connectivity index (χ3n) is 3.81. The predicted molar refractivity (Wildman–Crippen MR) is 99.2 cm³/mol. The Morgan fingerprint density at radius 1 is 1.00 bits per heavy atom. The van der Waals surface area contributed by atoms with E-state index in [2.05, 4.69) is 5.48 Å². The molecule has 0 amide bonds. The summed E-state index contributed by atoms with van der Waals surface area (Å²) in [5.74, 6) is -0.119. The molecule has 0 aliphatic carbocycles. The fraction of sp³-hybridized carbons (Fsp3) is 0.105. The smallest absolute Gasteiger partial charge is 0.366 e. The maximum atomic E-state index is 12.3. The number of carbonyl (C=O) groups excluding carboxylic acids is 1. The van der Waals surface area contributed by atoms with Gasteiger partial charge in [-0.05, 0) is 29.0 Å². The Morgan fingerprint density at radius 2 is 1.65 bits per heavy atom. The van der Waals surface area contributed by atoms with E-state index in [9.17, 15) is 9.90 Å². The number of phenols is 1. The molecule has 6 nitrogen and oxygen atoms in total. The Hall–Kier alpha value is -3.12. The molecule has 0 heterocycles. The average molecular weight is 374 g/mol. The van der Waals surface area contributed by atoms with E-state index in [1.54, 1.807) is 12.1 Å². The number of phenolic OH excluding ortho intramolecular Hbond substituents is 1. The Balaban J connectivity index is 1.83. The molecule has 0 bridgehead atoms. The molecule has 3 rings (SSSR count). The Kier molecular flexibility index (Phi) is 5.04. The summed E-state index contributed by atoms with van der Waals surface area (Å²) in [7, 11) is 2.95. The van der Waals surface area contributed by atoms with Gasteiger partial charge in [-0.2, -0.15) is 0 Å². The molecule has 0 fully saturated rings. The van der Waals surface area contributed by atoms with Gasteiger partial charge in [-0.15, -0.1) is 0 Å². The summed E-state index contributed by atoms with van der Waals surface area (Å²) in [5.41, 5.74) is 2.88. The Labute approximate surface area is 154 Å². The van der Waals surface area contributed by atoms with Crippen molar-refractivity contribution in [3.63, 3.8) is 0 Å². The van der Waals surface area contributed by atoms with Crippen LogP contribution in [0.4, 0.5) is 5.69 Å². The van der Waals surface area contributed by atoms with Gasteiger partial charge >= 0.3 is 5.97 Å². The van der Waals surface area contributed by atoms with Crippen LogP contribution in [0.3, 0.4) is 0 Å². The number of aromatic hydroxyl groups is 1. The molecule has 0 unspecified atom stereocenters. The standard InChI is InChI=1S/C19H16ClNO5/c1-24-17-10-18(25-2)15(9-14(17)20)21-26-19(23)13-7-11-5-3-4-6-12(11)8-16(13)22/h3-10,21-22H,1-2H3. The number of fused-ring (bicyclic) bond motifs is 1. The van der Waals surface area contributed by atoms with E-state index >= 15 is 0 Å². The number of benzene rings is 3. The van der Waals surface area contributed by atoms with Crippen LogP contribution in [0.5, 0.6) is 17.2 Å². The molecule has 0 radical (unpaired) electrons. The van der Waals surface area contributed by atoms with Crippen LogP contribution in [0.25, 0.3) is 10.8 Å². The quantitative estimate of drug-likeness (QED) is 0.645. The summed E-state index contributed by atoms with van der Waals surface area (Å²) in [6, 6.07) is 13.5. The summed E-state index contributed by atoms with van der Waals surface area (Å²) < 4.78 is 10.3. The van der Waals surface area contributed by atoms with E-state index in [0.29, 0.717) is 22.2 Å². The molecule has 134 valence electrons. The van der Waals surface area contributed by atoms with E-state index in [1.807, 2.05) is 24.3 Å². The van der Waals surface area contributed by atoms with Gasteiger partial charge in [0.05, 0.1) is 19.2 Å². The van der Waals surface area contributed by atoms with Crippen LogP contribution in [0.1, 0.15) is 10.4 Å². The van der Waals surface area contributed by atoms with Crippen molar-refractivity contribution in [2.45, 2.75) is 0 Å². The molecule has 0 saturated carbocycles. The first-order chi connectivity index (χ1) is 12.5. The molecule has 0 aliphatic heterocycles. The Bertz CT molecular complexity index is 974. The van der Waals surface area contributed by atoms with Gasteiger partial charge in [-0.1, -0.05) is 35.9 Å². The zero-order valence-electron chi connectivity index (χ0n) is 14.1. The largest absolute Gasteiger partial charge is 0.507 e. The maximum absolute atomic E-state index is 12.3. The first-order valence-corrected chi connectivity index (χ1v) is 8.01. The molecule has 2 N–H and O–H groups in total. The van der Waals surface area contributed by atoms with E-state index < -0.39 is 5.97 Å². The second-order valence-corrected chi connectivity index (χ2v) is 5.80. The molecular formula is C19H16ClNO5. The second-order valence-electron chi connectivity index (χ2n) is 5.40. The van der Waals surface area contributed by atoms with Gasteiger partial charge in [0.1, 0.15) is 28.5 Å². The van der Waals surface area contributed by atoms with Crippen molar-refractivity contribution in [2.75, 3.05) is 19.7 Å². The molecular weight excluding hydrogens is 358 g/mol. The van der Waals surface area contributed by atoms with Crippen molar-refractivity contribution in [3.05, 3.63) is 59.1 Å². The number of ether oxygens (including phenoxy) is 2. The average Bonchev–Trinajstić information content (AvgIpc) is 2.65.